The van der Waals surface area contributed by atoms with Crippen molar-refractivity contribution in [1.29, 1.82) is 0 Å². The Morgan fingerprint density at radius 2 is 2.08 bits per heavy atom. The van der Waals surface area contributed by atoms with E-state index in [1.165, 1.54) is 11.1 Å². The maximum Gasteiger partial charge on any atom is 0.274 e. The number of hydrogen-bond acceptors (Lipinski definition) is 4. The third-order valence-corrected chi connectivity index (χ3v) is 5.11. The molecule has 3 atom stereocenters. The van der Waals surface area contributed by atoms with E-state index >= 15 is 0 Å². The summed E-state index contributed by atoms with van der Waals surface area (Å²) in [6.07, 6.45) is 4.73. The minimum atomic E-state index is -0.0132. The zero-order valence-corrected chi connectivity index (χ0v) is 14.4. The number of likely N-dealkylation sites (tertiary alicyclic amines) is 1. The summed E-state index contributed by atoms with van der Waals surface area (Å²) in [5.74, 6) is 0.970. The van der Waals surface area contributed by atoms with Gasteiger partial charge in [-0.1, -0.05) is 24.3 Å². The fourth-order valence-corrected chi connectivity index (χ4v) is 4.00. The topological polar surface area (TPSA) is 58.1 Å². The SMILES string of the molecule is Cc1ccccc1[C@@H]1[C@H]2CNC[C@H]2CN1C(=O)c1cnccn1.Cl. The molecule has 1 N–H and O–H groups in total. The van der Waals surface area contributed by atoms with Gasteiger partial charge in [0.05, 0.1) is 12.2 Å². The van der Waals surface area contributed by atoms with Crippen LogP contribution >= 0.6 is 12.4 Å². The summed E-state index contributed by atoms with van der Waals surface area (Å²) in [5, 5.41) is 3.48. The highest BCUT2D eigenvalue weighted by atomic mass is 35.5. The van der Waals surface area contributed by atoms with Crippen molar-refractivity contribution in [1.82, 2.24) is 20.2 Å². The molecule has 0 radical (unpaired) electrons. The van der Waals surface area contributed by atoms with Crippen LogP contribution in [-0.4, -0.2) is 40.4 Å². The number of nitrogens with zero attached hydrogens (tertiary/aromatic N) is 3. The quantitative estimate of drug-likeness (QED) is 0.907. The van der Waals surface area contributed by atoms with Gasteiger partial charge in [-0.15, -0.1) is 12.4 Å². The summed E-state index contributed by atoms with van der Waals surface area (Å²) in [4.78, 5) is 23.2. The van der Waals surface area contributed by atoms with Gasteiger partial charge in [-0.3, -0.25) is 9.78 Å². The van der Waals surface area contributed by atoms with Crippen LogP contribution in [-0.2, 0) is 0 Å². The zero-order chi connectivity index (χ0) is 15.8. The van der Waals surface area contributed by atoms with Crippen LogP contribution in [0.5, 0.6) is 0 Å². The Kier molecular flexibility index (Phi) is 4.83. The minimum absolute atomic E-state index is 0. The second-order valence-corrected chi connectivity index (χ2v) is 6.43. The predicted octanol–water partition coefficient (Wildman–Crippen LogP) is 2.24. The van der Waals surface area contributed by atoms with Crippen molar-refractivity contribution in [2.45, 2.75) is 13.0 Å². The van der Waals surface area contributed by atoms with Crippen LogP contribution in [0.4, 0.5) is 0 Å². The van der Waals surface area contributed by atoms with Gasteiger partial charge in [0, 0.05) is 37.9 Å². The summed E-state index contributed by atoms with van der Waals surface area (Å²) in [6, 6.07) is 8.50. The van der Waals surface area contributed by atoms with Crippen LogP contribution in [0, 0.1) is 18.8 Å². The molecule has 1 aromatic carbocycles. The second kappa shape index (κ2) is 6.87. The first-order valence-electron chi connectivity index (χ1n) is 8.09. The van der Waals surface area contributed by atoms with Gasteiger partial charge in [0.25, 0.3) is 5.91 Å². The lowest BCUT2D eigenvalue weighted by Crippen LogP contribution is -2.35. The van der Waals surface area contributed by atoms with Crippen molar-refractivity contribution in [3.05, 3.63) is 59.7 Å². The van der Waals surface area contributed by atoms with Crippen LogP contribution < -0.4 is 5.32 Å². The molecule has 0 unspecified atom stereocenters. The van der Waals surface area contributed by atoms with E-state index in [4.69, 9.17) is 0 Å². The molecule has 5 nitrogen and oxygen atoms in total. The third-order valence-electron chi connectivity index (χ3n) is 5.11. The standard InChI is InChI=1S/C18H20N4O.ClH/c1-12-4-2-3-5-14(12)17-15-9-20-8-13(15)11-22(17)18(23)16-10-19-6-7-21-16;/h2-7,10,13,15,17,20H,8-9,11H2,1H3;1H/t13-,15-,17+;/m0./s1. The average Bonchev–Trinajstić information content (AvgIpc) is 3.17. The van der Waals surface area contributed by atoms with E-state index in [9.17, 15) is 4.79 Å². The number of amides is 1. The van der Waals surface area contributed by atoms with Crippen molar-refractivity contribution in [2.75, 3.05) is 19.6 Å². The minimum Gasteiger partial charge on any atom is -0.330 e. The molecular weight excluding hydrogens is 324 g/mol. The summed E-state index contributed by atoms with van der Waals surface area (Å²) < 4.78 is 0. The Morgan fingerprint density at radius 3 is 2.83 bits per heavy atom. The van der Waals surface area contributed by atoms with E-state index in [1.54, 1.807) is 18.6 Å². The van der Waals surface area contributed by atoms with Gasteiger partial charge in [-0.25, -0.2) is 4.98 Å². The molecule has 4 rings (SSSR count). The van der Waals surface area contributed by atoms with Gasteiger partial charge in [0.15, 0.2) is 0 Å². The molecule has 2 saturated heterocycles. The van der Waals surface area contributed by atoms with Gasteiger partial charge >= 0.3 is 0 Å². The number of hydrogen-bond donors (Lipinski definition) is 1. The summed E-state index contributed by atoms with van der Waals surface area (Å²) >= 11 is 0. The lowest BCUT2D eigenvalue weighted by molar-refractivity contribution is 0.0707. The number of aromatic nitrogens is 2. The fourth-order valence-electron chi connectivity index (χ4n) is 4.00. The maximum absolute atomic E-state index is 13.0. The van der Waals surface area contributed by atoms with Crippen molar-refractivity contribution < 1.29 is 4.79 Å². The number of nitrogens with one attached hydrogen (secondary N) is 1. The molecule has 2 fully saturated rings. The molecule has 3 heterocycles. The van der Waals surface area contributed by atoms with Crippen molar-refractivity contribution >= 4 is 18.3 Å². The molecule has 0 spiro atoms. The van der Waals surface area contributed by atoms with Crippen LogP contribution in [0.15, 0.2) is 42.9 Å². The molecule has 2 aromatic rings. The van der Waals surface area contributed by atoms with Crippen molar-refractivity contribution in [3.63, 3.8) is 0 Å². The van der Waals surface area contributed by atoms with E-state index in [-0.39, 0.29) is 24.4 Å². The number of benzene rings is 1. The summed E-state index contributed by atoms with van der Waals surface area (Å²) in [7, 11) is 0. The van der Waals surface area contributed by atoms with Gasteiger partial charge in [-0.05, 0) is 24.0 Å². The van der Waals surface area contributed by atoms with Crippen molar-refractivity contribution in [3.8, 4) is 0 Å². The van der Waals surface area contributed by atoms with Crippen LogP contribution in [0.1, 0.15) is 27.7 Å². The normalized spacial score (nSPS) is 25.2. The van der Waals surface area contributed by atoms with E-state index in [1.807, 2.05) is 11.0 Å². The van der Waals surface area contributed by atoms with Gasteiger partial charge in [-0.2, -0.15) is 0 Å². The highest BCUT2D eigenvalue weighted by molar-refractivity contribution is 5.92. The number of carbonyl (C=O) groups is 1. The Labute approximate surface area is 147 Å². The lowest BCUT2D eigenvalue weighted by Gasteiger charge is -2.29. The molecule has 0 aliphatic carbocycles. The highest BCUT2D eigenvalue weighted by Crippen LogP contribution is 2.43. The van der Waals surface area contributed by atoms with Crippen LogP contribution in [0.3, 0.4) is 0 Å². The molecule has 126 valence electrons. The third kappa shape index (κ3) is 2.78. The average molecular weight is 345 g/mol. The van der Waals surface area contributed by atoms with Crippen LogP contribution in [0.25, 0.3) is 0 Å². The first-order chi connectivity index (χ1) is 11.3. The molecule has 0 bridgehead atoms. The predicted molar refractivity (Wildman–Crippen MR) is 94.1 cm³/mol. The van der Waals surface area contributed by atoms with E-state index in [2.05, 4.69) is 40.4 Å². The first kappa shape index (κ1) is 16.9. The largest absolute Gasteiger partial charge is 0.330 e. The molecule has 1 aromatic heterocycles. The number of halogens is 1. The molecular formula is C18H21ClN4O. The first-order valence-corrected chi connectivity index (χ1v) is 8.09. The molecule has 6 heteroatoms. The van der Waals surface area contributed by atoms with E-state index in [0.717, 1.165) is 19.6 Å². The van der Waals surface area contributed by atoms with Gasteiger partial charge < -0.3 is 10.2 Å². The van der Waals surface area contributed by atoms with Crippen molar-refractivity contribution in [2.24, 2.45) is 11.8 Å². The van der Waals surface area contributed by atoms with Gasteiger partial charge in [0.1, 0.15) is 5.69 Å². The number of aryl methyl sites for hydroxylation is 1. The summed E-state index contributed by atoms with van der Waals surface area (Å²) in [6.45, 7) is 4.85. The molecule has 2 aliphatic rings. The molecule has 1 amide bonds. The van der Waals surface area contributed by atoms with Gasteiger partial charge in [0.2, 0.25) is 0 Å². The Bertz CT molecular complexity index is 724. The monoisotopic (exact) mass is 344 g/mol. The zero-order valence-electron chi connectivity index (χ0n) is 13.6. The smallest absolute Gasteiger partial charge is 0.274 e. The number of fused-ring (bicyclic) bond motifs is 1. The number of carbonyl (C=O) groups excluding carboxylic acids is 1. The lowest BCUT2D eigenvalue weighted by atomic mass is 9.87. The number of rotatable bonds is 2. The maximum atomic E-state index is 13.0. The second-order valence-electron chi connectivity index (χ2n) is 6.43. The fraction of sp³-hybridized carbons (Fsp3) is 0.389. The Balaban J connectivity index is 0.00000169. The molecule has 2 aliphatic heterocycles. The van der Waals surface area contributed by atoms with E-state index < -0.39 is 0 Å². The van der Waals surface area contributed by atoms with Crippen LogP contribution in [0.2, 0.25) is 0 Å². The molecule has 24 heavy (non-hydrogen) atoms. The van der Waals surface area contributed by atoms with E-state index in [0.29, 0.717) is 17.5 Å². The Hall–Kier alpha value is -1.98. The Morgan fingerprint density at radius 1 is 1.25 bits per heavy atom. The summed E-state index contributed by atoms with van der Waals surface area (Å²) in [5.41, 5.74) is 2.92. The highest BCUT2D eigenvalue weighted by Gasteiger charge is 2.47. The molecule has 0 saturated carbocycles.